The van der Waals surface area contributed by atoms with Gasteiger partial charge in [0.1, 0.15) is 11.4 Å². The molecule has 6 heteroatoms. The Labute approximate surface area is 170 Å². The number of hydrogen-bond donors (Lipinski definition) is 1. The first-order valence-electron chi connectivity index (χ1n) is 9.21. The van der Waals surface area contributed by atoms with Crippen LogP contribution in [0.25, 0.3) is 16.9 Å². The molecule has 5 nitrogen and oxygen atoms in total. The van der Waals surface area contributed by atoms with Crippen molar-refractivity contribution in [3.63, 3.8) is 0 Å². The van der Waals surface area contributed by atoms with E-state index in [1.165, 1.54) is 0 Å². The van der Waals surface area contributed by atoms with Crippen LogP contribution >= 0.6 is 11.6 Å². The molecule has 0 saturated heterocycles. The molecule has 2 aromatic carbocycles. The first-order valence-corrected chi connectivity index (χ1v) is 9.58. The van der Waals surface area contributed by atoms with Crippen LogP contribution < -0.4 is 10.1 Å². The van der Waals surface area contributed by atoms with Crippen LogP contribution in [0.2, 0.25) is 5.02 Å². The molecule has 0 radical (unpaired) electrons. The maximum Gasteiger partial charge on any atom is 0.270 e. The van der Waals surface area contributed by atoms with Crippen molar-refractivity contribution >= 4 is 17.5 Å². The SMILES string of the molecule is COc1ccc(-n2nc(-c3ccccc3Cl)cc2C(=O)N[C@H](C)C(C)C)cc1. The number of rotatable bonds is 6. The van der Waals surface area contributed by atoms with Crippen LogP contribution in [0.5, 0.6) is 5.75 Å². The molecule has 1 amide bonds. The number of hydrogen-bond acceptors (Lipinski definition) is 3. The van der Waals surface area contributed by atoms with Crippen LogP contribution in [0.3, 0.4) is 0 Å². The normalized spacial score (nSPS) is 12.1. The molecule has 1 aromatic heterocycles. The number of nitrogens with zero attached hydrogens (tertiary/aromatic N) is 2. The summed E-state index contributed by atoms with van der Waals surface area (Å²) in [4.78, 5) is 13.0. The number of amides is 1. The lowest BCUT2D eigenvalue weighted by Crippen LogP contribution is -2.37. The molecule has 1 heterocycles. The Morgan fingerprint density at radius 2 is 1.79 bits per heavy atom. The van der Waals surface area contributed by atoms with Crippen molar-refractivity contribution in [2.24, 2.45) is 5.92 Å². The summed E-state index contributed by atoms with van der Waals surface area (Å²) in [5.74, 6) is 0.883. The van der Waals surface area contributed by atoms with E-state index in [0.29, 0.717) is 22.3 Å². The molecule has 146 valence electrons. The maximum atomic E-state index is 13.0. The monoisotopic (exact) mass is 397 g/mol. The predicted octanol–water partition coefficient (Wildman–Crippen LogP) is 4.98. The van der Waals surface area contributed by atoms with E-state index in [2.05, 4.69) is 24.3 Å². The van der Waals surface area contributed by atoms with Crippen LogP contribution in [-0.2, 0) is 0 Å². The van der Waals surface area contributed by atoms with Crippen LogP contribution in [0.15, 0.2) is 54.6 Å². The second kappa shape index (κ2) is 8.48. The minimum Gasteiger partial charge on any atom is -0.497 e. The van der Waals surface area contributed by atoms with Crippen molar-refractivity contribution in [3.05, 3.63) is 65.3 Å². The molecule has 0 aliphatic heterocycles. The maximum absolute atomic E-state index is 13.0. The summed E-state index contributed by atoms with van der Waals surface area (Å²) in [5.41, 5.74) is 2.64. The average molecular weight is 398 g/mol. The molecule has 0 spiro atoms. The van der Waals surface area contributed by atoms with E-state index in [1.54, 1.807) is 17.9 Å². The Morgan fingerprint density at radius 3 is 2.39 bits per heavy atom. The highest BCUT2D eigenvalue weighted by molar-refractivity contribution is 6.33. The lowest BCUT2D eigenvalue weighted by molar-refractivity contribution is 0.0922. The van der Waals surface area contributed by atoms with E-state index in [1.807, 2.05) is 55.5 Å². The number of nitrogens with one attached hydrogen (secondary N) is 1. The first kappa shape index (κ1) is 20.0. The molecule has 1 N–H and O–H groups in total. The highest BCUT2D eigenvalue weighted by Gasteiger charge is 2.21. The van der Waals surface area contributed by atoms with Gasteiger partial charge in [0.15, 0.2) is 0 Å². The number of carbonyl (C=O) groups excluding carboxylic acids is 1. The van der Waals surface area contributed by atoms with Gasteiger partial charge in [0.2, 0.25) is 0 Å². The van der Waals surface area contributed by atoms with Gasteiger partial charge in [-0.1, -0.05) is 43.6 Å². The number of benzene rings is 2. The zero-order chi connectivity index (χ0) is 20.3. The standard InChI is InChI=1S/C22H24ClN3O2/c1-14(2)15(3)24-22(27)21-13-20(18-7-5-6-8-19(18)23)25-26(21)16-9-11-17(28-4)12-10-16/h5-15H,1-4H3,(H,24,27)/t15-/m1/s1. The Bertz CT molecular complexity index is 964. The molecule has 0 saturated carbocycles. The van der Waals surface area contributed by atoms with Crippen molar-refractivity contribution in [2.75, 3.05) is 7.11 Å². The lowest BCUT2D eigenvalue weighted by atomic mass is 10.1. The van der Waals surface area contributed by atoms with Gasteiger partial charge in [0.25, 0.3) is 5.91 Å². The Hall–Kier alpha value is -2.79. The van der Waals surface area contributed by atoms with Gasteiger partial charge in [-0.05, 0) is 49.2 Å². The third kappa shape index (κ3) is 4.20. The van der Waals surface area contributed by atoms with Gasteiger partial charge < -0.3 is 10.1 Å². The molecule has 0 bridgehead atoms. The van der Waals surface area contributed by atoms with Crippen LogP contribution in [0.4, 0.5) is 0 Å². The van der Waals surface area contributed by atoms with E-state index in [9.17, 15) is 4.79 Å². The molecule has 28 heavy (non-hydrogen) atoms. The van der Waals surface area contributed by atoms with Gasteiger partial charge in [0.05, 0.1) is 23.5 Å². The number of aromatic nitrogens is 2. The van der Waals surface area contributed by atoms with E-state index < -0.39 is 0 Å². The second-order valence-electron chi connectivity index (χ2n) is 7.01. The molecule has 0 aliphatic carbocycles. The largest absolute Gasteiger partial charge is 0.497 e. The highest BCUT2D eigenvalue weighted by atomic mass is 35.5. The molecule has 3 rings (SSSR count). The van der Waals surface area contributed by atoms with Gasteiger partial charge in [-0.25, -0.2) is 4.68 Å². The van der Waals surface area contributed by atoms with Gasteiger partial charge in [-0.15, -0.1) is 0 Å². The molecule has 0 aliphatic rings. The van der Waals surface area contributed by atoms with Crippen molar-refractivity contribution in [1.82, 2.24) is 15.1 Å². The number of halogens is 1. The van der Waals surface area contributed by atoms with Crippen molar-refractivity contribution in [3.8, 4) is 22.7 Å². The summed E-state index contributed by atoms with van der Waals surface area (Å²) < 4.78 is 6.86. The molecular formula is C22H24ClN3O2. The van der Waals surface area contributed by atoms with Gasteiger partial charge >= 0.3 is 0 Å². The fraction of sp³-hybridized carbons (Fsp3) is 0.273. The van der Waals surface area contributed by atoms with Crippen molar-refractivity contribution in [2.45, 2.75) is 26.8 Å². The summed E-state index contributed by atoms with van der Waals surface area (Å²) in [6, 6.07) is 16.7. The van der Waals surface area contributed by atoms with Crippen LogP contribution in [0.1, 0.15) is 31.3 Å². The van der Waals surface area contributed by atoms with Gasteiger partial charge in [0, 0.05) is 11.6 Å². The second-order valence-corrected chi connectivity index (χ2v) is 7.42. The minimum absolute atomic E-state index is 0.0375. The van der Waals surface area contributed by atoms with Gasteiger partial charge in [-0.3, -0.25) is 4.79 Å². The van der Waals surface area contributed by atoms with E-state index in [4.69, 9.17) is 16.3 Å². The average Bonchev–Trinajstić information content (AvgIpc) is 3.13. The number of ether oxygens (including phenoxy) is 1. The molecule has 1 atom stereocenters. The summed E-state index contributed by atoms with van der Waals surface area (Å²) in [6.07, 6.45) is 0. The van der Waals surface area contributed by atoms with E-state index in [0.717, 1.165) is 17.0 Å². The van der Waals surface area contributed by atoms with Crippen LogP contribution in [-0.4, -0.2) is 28.8 Å². The zero-order valence-corrected chi connectivity index (χ0v) is 17.2. The fourth-order valence-electron chi connectivity index (χ4n) is 2.71. The summed E-state index contributed by atoms with van der Waals surface area (Å²) >= 11 is 6.35. The van der Waals surface area contributed by atoms with Crippen molar-refractivity contribution in [1.29, 1.82) is 0 Å². The zero-order valence-electron chi connectivity index (χ0n) is 16.4. The Kier molecular flexibility index (Phi) is 6.05. The Balaban J connectivity index is 2.07. The molecule has 3 aromatic rings. The molecular weight excluding hydrogens is 374 g/mol. The summed E-state index contributed by atoms with van der Waals surface area (Å²) in [5, 5.41) is 8.31. The van der Waals surface area contributed by atoms with E-state index in [-0.39, 0.29) is 11.9 Å². The summed E-state index contributed by atoms with van der Waals surface area (Å²) in [6.45, 7) is 6.13. The topological polar surface area (TPSA) is 56.2 Å². The third-order valence-electron chi connectivity index (χ3n) is 4.77. The van der Waals surface area contributed by atoms with Gasteiger partial charge in [-0.2, -0.15) is 5.10 Å². The number of methoxy groups -OCH3 is 1. The number of carbonyl (C=O) groups is 1. The Morgan fingerprint density at radius 1 is 1.11 bits per heavy atom. The van der Waals surface area contributed by atoms with Crippen molar-refractivity contribution < 1.29 is 9.53 Å². The minimum atomic E-state index is -0.178. The smallest absolute Gasteiger partial charge is 0.270 e. The van der Waals surface area contributed by atoms with Crippen LogP contribution in [0, 0.1) is 5.92 Å². The lowest BCUT2D eigenvalue weighted by Gasteiger charge is -2.17. The third-order valence-corrected chi connectivity index (χ3v) is 5.10. The molecule has 0 fully saturated rings. The fourth-order valence-corrected chi connectivity index (χ4v) is 2.94. The quantitative estimate of drug-likeness (QED) is 0.638. The predicted molar refractivity (Wildman–Crippen MR) is 112 cm³/mol. The highest BCUT2D eigenvalue weighted by Crippen LogP contribution is 2.28. The van der Waals surface area contributed by atoms with E-state index >= 15 is 0 Å². The molecule has 0 unspecified atom stereocenters. The summed E-state index contributed by atoms with van der Waals surface area (Å²) in [7, 11) is 1.62. The first-order chi connectivity index (χ1) is 13.4.